The molecular weight excluding hydrogens is 268 g/mol. The Balaban J connectivity index is 1.91. The molecule has 3 rings (SSSR count). The standard InChI is InChI=1S/C15H22N4S/c1-4-11-8-12-13(17-9(2)7-10-5-6-10)18-15(16-3)19-14(12)20-11/h8-10H,4-7H2,1-3H3,(H2,16,17,18,19). The second kappa shape index (κ2) is 5.56. The summed E-state index contributed by atoms with van der Waals surface area (Å²) in [5.74, 6) is 2.60. The van der Waals surface area contributed by atoms with Gasteiger partial charge in [-0.25, -0.2) is 4.98 Å². The minimum atomic E-state index is 0.468. The molecule has 1 aliphatic rings. The number of aryl methyl sites for hydroxylation is 1. The summed E-state index contributed by atoms with van der Waals surface area (Å²) >= 11 is 1.76. The van der Waals surface area contributed by atoms with Crippen molar-refractivity contribution in [3.63, 3.8) is 0 Å². The fourth-order valence-corrected chi connectivity index (χ4v) is 3.48. The molecule has 0 spiro atoms. The van der Waals surface area contributed by atoms with Gasteiger partial charge in [0, 0.05) is 18.0 Å². The molecule has 20 heavy (non-hydrogen) atoms. The zero-order valence-electron chi connectivity index (χ0n) is 12.4. The number of fused-ring (bicyclic) bond motifs is 1. The van der Waals surface area contributed by atoms with Crippen LogP contribution in [0.2, 0.25) is 0 Å². The van der Waals surface area contributed by atoms with Gasteiger partial charge in [0.2, 0.25) is 5.95 Å². The van der Waals surface area contributed by atoms with Crippen LogP contribution in [0.3, 0.4) is 0 Å². The highest BCUT2D eigenvalue weighted by Gasteiger charge is 2.24. The van der Waals surface area contributed by atoms with Crippen LogP contribution >= 0.6 is 11.3 Å². The third-order valence-electron chi connectivity index (χ3n) is 3.78. The highest BCUT2D eigenvalue weighted by Crippen LogP contribution is 2.35. The van der Waals surface area contributed by atoms with Gasteiger partial charge < -0.3 is 10.6 Å². The monoisotopic (exact) mass is 290 g/mol. The highest BCUT2D eigenvalue weighted by molar-refractivity contribution is 7.18. The maximum absolute atomic E-state index is 4.61. The van der Waals surface area contributed by atoms with Crippen LogP contribution in [-0.2, 0) is 6.42 Å². The number of hydrogen-bond donors (Lipinski definition) is 2. The van der Waals surface area contributed by atoms with Gasteiger partial charge in [-0.1, -0.05) is 19.8 Å². The molecule has 0 amide bonds. The molecule has 1 fully saturated rings. The minimum Gasteiger partial charge on any atom is -0.367 e. The fourth-order valence-electron chi connectivity index (χ4n) is 2.51. The second-order valence-electron chi connectivity index (χ2n) is 5.66. The number of nitrogens with one attached hydrogen (secondary N) is 2. The van der Waals surface area contributed by atoms with Gasteiger partial charge in [-0.15, -0.1) is 11.3 Å². The van der Waals surface area contributed by atoms with Gasteiger partial charge >= 0.3 is 0 Å². The summed E-state index contributed by atoms with van der Waals surface area (Å²) in [5.41, 5.74) is 0. The first-order valence-electron chi connectivity index (χ1n) is 7.44. The number of rotatable bonds is 6. The molecule has 0 aliphatic heterocycles. The van der Waals surface area contributed by atoms with Gasteiger partial charge in [-0.05, 0) is 31.7 Å². The summed E-state index contributed by atoms with van der Waals surface area (Å²) in [4.78, 5) is 11.6. The Morgan fingerprint density at radius 2 is 2.20 bits per heavy atom. The average Bonchev–Trinajstić information content (AvgIpc) is 3.14. The summed E-state index contributed by atoms with van der Waals surface area (Å²) in [7, 11) is 1.87. The van der Waals surface area contributed by atoms with Crippen LogP contribution in [0, 0.1) is 5.92 Å². The molecule has 108 valence electrons. The first-order chi connectivity index (χ1) is 9.69. The zero-order chi connectivity index (χ0) is 14.1. The van der Waals surface area contributed by atoms with E-state index in [0.29, 0.717) is 12.0 Å². The van der Waals surface area contributed by atoms with Crippen molar-refractivity contribution in [1.82, 2.24) is 9.97 Å². The number of hydrogen-bond acceptors (Lipinski definition) is 5. The van der Waals surface area contributed by atoms with Crippen LogP contribution in [0.25, 0.3) is 10.2 Å². The SMILES string of the molecule is CCc1cc2c(NC(C)CC3CC3)nc(NC)nc2s1. The summed E-state index contributed by atoms with van der Waals surface area (Å²) < 4.78 is 0. The Bertz CT molecular complexity index is 603. The Labute approximate surface area is 124 Å². The van der Waals surface area contributed by atoms with E-state index in [1.165, 1.54) is 24.1 Å². The molecule has 1 unspecified atom stereocenters. The van der Waals surface area contributed by atoms with Crippen LogP contribution in [0.4, 0.5) is 11.8 Å². The molecule has 1 atom stereocenters. The Hall–Kier alpha value is -1.36. The van der Waals surface area contributed by atoms with Crippen molar-refractivity contribution in [3.8, 4) is 0 Å². The lowest BCUT2D eigenvalue weighted by atomic mass is 10.1. The lowest BCUT2D eigenvalue weighted by Crippen LogP contribution is -2.17. The highest BCUT2D eigenvalue weighted by atomic mass is 32.1. The Kier molecular flexibility index (Phi) is 3.78. The minimum absolute atomic E-state index is 0.468. The van der Waals surface area contributed by atoms with Crippen molar-refractivity contribution in [3.05, 3.63) is 10.9 Å². The molecule has 5 heteroatoms. The zero-order valence-corrected chi connectivity index (χ0v) is 13.2. The molecule has 0 aromatic carbocycles. The van der Waals surface area contributed by atoms with Crippen LogP contribution in [-0.4, -0.2) is 23.1 Å². The first-order valence-corrected chi connectivity index (χ1v) is 8.26. The maximum atomic E-state index is 4.61. The van der Waals surface area contributed by atoms with E-state index in [1.54, 1.807) is 11.3 Å². The van der Waals surface area contributed by atoms with E-state index >= 15 is 0 Å². The average molecular weight is 290 g/mol. The van der Waals surface area contributed by atoms with E-state index in [1.807, 2.05) is 7.05 Å². The number of aromatic nitrogens is 2. The van der Waals surface area contributed by atoms with Crippen molar-refractivity contribution in [2.75, 3.05) is 17.7 Å². The molecule has 1 aliphatic carbocycles. The molecule has 0 bridgehead atoms. The van der Waals surface area contributed by atoms with Crippen molar-refractivity contribution >= 4 is 33.3 Å². The predicted octanol–water partition coefficient (Wildman–Crippen LogP) is 3.90. The topological polar surface area (TPSA) is 49.8 Å². The number of thiophene rings is 1. The Morgan fingerprint density at radius 1 is 1.40 bits per heavy atom. The normalized spacial score (nSPS) is 16.4. The summed E-state index contributed by atoms with van der Waals surface area (Å²) in [6.07, 6.45) is 5.08. The molecule has 0 radical (unpaired) electrons. The van der Waals surface area contributed by atoms with Gasteiger partial charge in [0.05, 0.1) is 5.39 Å². The molecule has 4 nitrogen and oxygen atoms in total. The van der Waals surface area contributed by atoms with Gasteiger partial charge in [-0.2, -0.15) is 4.98 Å². The molecule has 2 heterocycles. The van der Waals surface area contributed by atoms with Crippen LogP contribution < -0.4 is 10.6 Å². The quantitative estimate of drug-likeness (QED) is 0.847. The predicted molar refractivity (Wildman–Crippen MR) is 86.8 cm³/mol. The van der Waals surface area contributed by atoms with Gasteiger partial charge in [0.15, 0.2) is 0 Å². The molecule has 0 saturated heterocycles. The van der Waals surface area contributed by atoms with Crippen LogP contribution in [0.15, 0.2) is 6.07 Å². The van der Waals surface area contributed by atoms with Gasteiger partial charge in [0.25, 0.3) is 0 Å². The van der Waals surface area contributed by atoms with Gasteiger partial charge in [0.1, 0.15) is 10.6 Å². The van der Waals surface area contributed by atoms with E-state index in [9.17, 15) is 0 Å². The third kappa shape index (κ3) is 2.87. The smallest absolute Gasteiger partial charge is 0.225 e. The molecule has 2 N–H and O–H groups in total. The van der Waals surface area contributed by atoms with E-state index in [-0.39, 0.29) is 0 Å². The van der Waals surface area contributed by atoms with Crippen molar-refractivity contribution in [2.45, 2.75) is 45.6 Å². The first kappa shape index (κ1) is 13.6. The third-order valence-corrected chi connectivity index (χ3v) is 4.96. The summed E-state index contributed by atoms with van der Waals surface area (Å²) in [5, 5.41) is 7.80. The second-order valence-corrected chi connectivity index (χ2v) is 6.77. The molecule has 2 aromatic rings. The van der Waals surface area contributed by atoms with E-state index in [4.69, 9.17) is 0 Å². The largest absolute Gasteiger partial charge is 0.367 e. The lowest BCUT2D eigenvalue weighted by molar-refractivity contribution is 0.641. The van der Waals surface area contributed by atoms with E-state index in [0.717, 1.165) is 28.4 Å². The molecular formula is C15H22N4S. The summed E-state index contributed by atoms with van der Waals surface area (Å²) in [6, 6.07) is 2.70. The van der Waals surface area contributed by atoms with Crippen LogP contribution in [0.1, 0.15) is 38.0 Å². The van der Waals surface area contributed by atoms with Crippen molar-refractivity contribution < 1.29 is 0 Å². The number of anilines is 2. The lowest BCUT2D eigenvalue weighted by Gasteiger charge is -2.15. The molecule has 2 aromatic heterocycles. The molecule has 1 saturated carbocycles. The van der Waals surface area contributed by atoms with Gasteiger partial charge in [-0.3, -0.25) is 0 Å². The van der Waals surface area contributed by atoms with E-state index in [2.05, 4.69) is 40.5 Å². The Morgan fingerprint density at radius 3 is 2.85 bits per heavy atom. The summed E-state index contributed by atoms with van der Waals surface area (Å²) in [6.45, 7) is 4.43. The van der Waals surface area contributed by atoms with E-state index < -0.39 is 0 Å². The fraction of sp³-hybridized carbons (Fsp3) is 0.600. The maximum Gasteiger partial charge on any atom is 0.225 e. The number of nitrogens with zero attached hydrogens (tertiary/aromatic N) is 2. The van der Waals surface area contributed by atoms with Crippen LogP contribution in [0.5, 0.6) is 0 Å². The van der Waals surface area contributed by atoms with Crippen molar-refractivity contribution in [2.24, 2.45) is 5.92 Å². The van der Waals surface area contributed by atoms with Crippen molar-refractivity contribution in [1.29, 1.82) is 0 Å².